The lowest BCUT2D eigenvalue weighted by atomic mass is 9.76. The molecule has 0 unspecified atom stereocenters. The van der Waals surface area contributed by atoms with E-state index in [1.165, 1.54) is 37.7 Å². The molecule has 0 N–H and O–H groups in total. The lowest BCUT2D eigenvalue weighted by Crippen LogP contribution is -2.19. The molecule has 0 saturated carbocycles. The van der Waals surface area contributed by atoms with Crippen LogP contribution >= 0.6 is 0 Å². The van der Waals surface area contributed by atoms with Gasteiger partial charge in [-0.3, -0.25) is 4.98 Å². The zero-order chi connectivity index (χ0) is 11.1. The summed E-state index contributed by atoms with van der Waals surface area (Å²) >= 11 is 0. The van der Waals surface area contributed by atoms with E-state index in [-0.39, 0.29) is 0 Å². The van der Waals surface area contributed by atoms with Crippen LogP contribution in [0.25, 0.3) is 0 Å². The third-order valence-electron chi connectivity index (χ3n) is 3.09. The highest BCUT2D eigenvalue weighted by Crippen LogP contribution is 2.32. The fourth-order valence-corrected chi connectivity index (χ4v) is 2.50. The first-order valence-electron chi connectivity index (χ1n) is 6.09. The molecular formula is C14H23N. The quantitative estimate of drug-likeness (QED) is 0.677. The second kappa shape index (κ2) is 5.89. The van der Waals surface area contributed by atoms with Gasteiger partial charge in [-0.2, -0.15) is 0 Å². The first-order chi connectivity index (χ1) is 7.20. The molecule has 0 spiro atoms. The minimum atomic E-state index is 0.477. The molecule has 1 heteroatoms. The van der Waals surface area contributed by atoms with E-state index in [0.717, 1.165) is 0 Å². The molecule has 1 heterocycles. The van der Waals surface area contributed by atoms with Crippen molar-refractivity contribution in [1.29, 1.82) is 0 Å². The Labute approximate surface area is 93.9 Å². The van der Waals surface area contributed by atoms with Gasteiger partial charge in [0.25, 0.3) is 0 Å². The van der Waals surface area contributed by atoms with Gasteiger partial charge in [0.05, 0.1) is 0 Å². The molecule has 0 saturated heterocycles. The lowest BCUT2D eigenvalue weighted by molar-refractivity contribution is 0.264. The van der Waals surface area contributed by atoms with Gasteiger partial charge >= 0.3 is 0 Å². The maximum absolute atomic E-state index is 4.07. The van der Waals surface area contributed by atoms with E-state index in [4.69, 9.17) is 0 Å². The summed E-state index contributed by atoms with van der Waals surface area (Å²) in [5.41, 5.74) is 1.90. The Balaban J connectivity index is 2.66. The number of pyridine rings is 1. The minimum absolute atomic E-state index is 0.477. The Morgan fingerprint density at radius 3 is 2.07 bits per heavy atom. The van der Waals surface area contributed by atoms with Gasteiger partial charge in [-0.1, -0.05) is 33.6 Å². The van der Waals surface area contributed by atoms with Crippen LogP contribution in [0.5, 0.6) is 0 Å². The van der Waals surface area contributed by atoms with Crippen LogP contribution < -0.4 is 0 Å². The average molecular weight is 205 g/mol. The smallest absolute Gasteiger partial charge is 0.0270 e. The number of hydrogen-bond acceptors (Lipinski definition) is 1. The van der Waals surface area contributed by atoms with Crippen molar-refractivity contribution in [3.8, 4) is 0 Å². The van der Waals surface area contributed by atoms with Crippen molar-refractivity contribution in [2.45, 2.75) is 52.9 Å². The van der Waals surface area contributed by atoms with E-state index in [1.54, 1.807) is 0 Å². The van der Waals surface area contributed by atoms with E-state index in [9.17, 15) is 0 Å². The minimum Gasteiger partial charge on any atom is -0.265 e. The molecule has 0 fully saturated rings. The van der Waals surface area contributed by atoms with Gasteiger partial charge < -0.3 is 0 Å². The van der Waals surface area contributed by atoms with Gasteiger partial charge in [0.15, 0.2) is 0 Å². The van der Waals surface area contributed by atoms with E-state index in [1.807, 2.05) is 12.4 Å². The highest BCUT2D eigenvalue weighted by atomic mass is 14.6. The summed E-state index contributed by atoms with van der Waals surface area (Å²) in [6, 6.07) is 4.28. The van der Waals surface area contributed by atoms with Crippen LogP contribution in [0.4, 0.5) is 0 Å². The van der Waals surface area contributed by atoms with Crippen LogP contribution in [-0.4, -0.2) is 4.98 Å². The van der Waals surface area contributed by atoms with Gasteiger partial charge in [0.1, 0.15) is 0 Å². The summed E-state index contributed by atoms with van der Waals surface area (Å²) in [6.45, 7) is 6.97. The highest BCUT2D eigenvalue weighted by molar-refractivity contribution is 5.11. The second-order valence-corrected chi connectivity index (χ2v) is 4.84. The standard InChI is InChI=1S/C14H23N/c1-4-8-14(3,9-5-2)12-13-6-10-15-11-7-13/h6-7,10-11H,4-5,8-9,12H2,1-3H3. The SMILES string of the molecule is CCCC(C)(CCC)Cc1ccncc1. The van der Waals surface area contributed by atoms with Crippen molar-refractivity contribution in [2.75, 3.05) is 0 Å². The molecule has 15 heavy (non-hydrogen) atoms. The first-order valence-corrected chi connectivity index (χ1v) is 6.09. The Bertz CT molecular complexity index is 260. The molecule has 0 bridgehead atoms. The molecular weight excluding hydrogens is 182 g/mol. The summed E-state index contributed by atoms with van der Waals surface area (Å²) < 4.78 is 0. The molecule has 0 aromatic carbocycles. The molecule has 0 amide bonds. The molecule has 0 aliphatic rings. The summed E-state index contributed by atoms with van der Waals surface area (Å²) in [6.07, 6.45) is 10.2. The van der Waals surface area contributed by atoms with Crippen LogP contribution in [0.2, 0.25) is 0 Å². The largest absolute Gasteiger partial charge is 0.265 e. The van der Waals surface area contributed by atoms with Crippen molar-refractivity contribution >= 4 is 0 Å². The second-order valence-electron chi connectivity index (χ2n) is 4.84. The average Bonchev–Trinajstić information content (AvgIpc) is 2.19. The zero-order valence-corrected chi connectivity index (χ0v) is 10.3. The Kier molecular flexibility index (Phi) is 4.80. The summed E-state index contributed by atoms with van der Waals surface area (Å²) in [5.74, 6) is 0. The van der Waals surface area contributed by atoms with Gasteiger partial charge in [-0.15, -0.1) is 0 Å². The van der Waals surface area contributed by atoms with E-state index >= 15 is 0 Å². The molecule has 1 nitrogen and oxygen atoms in total. The lowest BCUT2D eigenvalue weighted by Gasteiger charge is -2.29. The van der Waals surface area contributed by atoms with Crippen LogP contribution in [0.15, 0.2) is 24.5 Å². The van der Waals surface area contributed by atoms with Gasteiger partial charge in [-0.25, -0.2) is 0 Å². The maximum atomic E-state index is 4.07. The van der Waals surface area contributed by atoms with E-state index < -0.39 is 0 Å². The van der Waals surface area contributed by atoms with Crippen molar-refractivity contribution in [3.63, 3.8) is 0 Å². The molecule has 1 aromatic rings. The Morgan fingerprint density at radius 2 is 1.60 bits per heavy atom. The number of rotatable bonds is 6. The van der Waals surface area contributed by atoms with E-state index in [2.05, 4.69) is 37.9 Å². The molecule has 0 aliphatic carbocycles. The highest BCUT2D eigenvalue weighted by Gasteiger charge is 2.22. The first kappa shape index (κ1) is 12.2. The topological polar surface area (TPSA) is 12.9 Å². The molecule has 0 aliphatic heterocycles. The molecule has 1 rings (SSSR count). The monoisotopic (exact) mass is 205 g/mol. The van der Waals surface area contributed by atoms with Crippen molar-refractivity contribution in [2.24, 2.45) is 5.41 Å². The summed E-state index contributed by atoms with van der Waals surface area (Å²) in [4.78, 5) is 4.07. The van der Waals surface area contributed by atoms with Crippen molar-refractivity contribution in [1.82, 2.24) is 4.98 Å². The Morgan fingerprint density at radius 1 is 1.07 bits per heavy atom. The summed E-state index contributed by atoms with van der Waals surface area (Å²) in [5, 5.41) is 0. The van der Waals surface area contributed by atoms with Gasteiger partial charge in [0.2, 0.25) is 0 Å². The fraction of sp³-hybridized carbons (Fsp3) is 0.643. The molecule has 84 valence electrons. The van der Waals surface area contributed by atoms with E-state index in [0.29, 0.717) is 5.41 Å². The number of aromatic nitrogens is 1. The predicted octanol–water partition coefficient (Wildman–Crippen LogP) is 4.23. The van der Waals surface area contributed by atoms with Crippen LogP contribution in [0.3, 0.4) is 0 Å². The van der Waals surface area contributed by atoms with Gasteiger partial charge in [-0.05, 0) is 42.4 Å². The van der Waals surface area contributed by atoms with Crippen LogP contribution in [-0.2, 0) is 6.42 Å². The Hall–Kier alpha value is -0.850. The van der Waals surface area contributed by atoms with Crippen LogP contribution in [0, 0.1) is 5.41 Å². The van der Waals surface area contributed by atoms with Gasteiger partial charge in [0, 0.05) is 12.4 Å². The predicted molar refractivity (Wildman–Crippen MR) is 65.9 cm³/mol. The molecule has 0 atom stereocenters. The third-order valence-corrected chi connectivity index (χ3v) is 3.09. The normalized spacial score (nSPS) is 11.7. The maximum Gasteiger partial charge on any atom is 0.0270 e. The number of hydrogen-bond donors (Lipinski definition) is 0. The number of nitrogens with zero attached hydrogens (tertiary/aromatic N) is 1. The van der Waals surface area contributed by atoms with Crippen LogP contribution in [0.1, 0.15) is 52.0 Å². The zero-order valence-electron chi connectivity index (χ0n) is 10.3. The third kappa shape index (κ3) is 4.03. The summed E-state index contributed by atoms with van der Waals surface area (Å²) in [7, 11) is 0. The molecule has 0 radical (unpaired) electrons. The molecule has 1 aromatic heterocycles. The van der Waals surface area contributed by atoms with Crippen molar-refractivity contribution in [3.05, 3.63) is 30.1 Å². The van der Waals surface area contributed by atoms with Crippen molar-refractivity contribution < 1.29 is 0 Å². The fourth-order valence-electron chi connectivity index (χ4n) is 2.50.